The van der Waals surface area contributed by atoms with Crippen LogP contribution >= 0.6 is 0 Å². The van der Waals surface area contributed by atoms with Gasteiger partial charge in [0.1, 0.15) is 17.5 Å². The summed E-state index contributed by atoms with van der Waals surface area (Å²) in [6.45, 7) is 0.936. The van der Waals surface area contributed by atoms with Crippen LogP contribution in [-0.4, -0.2) is 28.9 Å². The molecule has 1 aromatic carbocycles. The molecule has 1 aromatic heterocycles. The number of aromatic nitrogens is 2. The highest BCUT2D eigenvalue weighted by atomic mass is 16.6. The van der Waals surface area contributed by atoms with Crippen molar-refractivity contribution in [1.29, 1.82) is 0 Å². The minimum Gasteiger partial charge on any atom is -0.368 e. The van der Waals surface area contributed by atoms with Gasteiger partial charge in [0.2, 0.25) is 5.91 Å². The van der Waals surface area contributed by atoms with Crippen LogP contribution in [-0.2, 0) is 16.1 Å². The fourth-order valence-electron chi connectivity index (χ4n) is 2.21. The molecule has 0 saturated carbocycles. The van der Waals surface area contributed by atoms with Crippen molar-refractivity contribution in [3.8, 4) is 11.3 Å². The van der Waals surface area contributed by atoms with Crippen molar-refractivity contribution in [2.24, 2.45) is 0 Å². The zero-order valence-electron chi connectivity index (χ0n) is 10.9. The predicted octanol–water partition coefficient (Wildman–Crippen LogP) is 1.53. The molecular weight excluding hydrogens is 258 g/mol. The Bertz CT molecular complexity index is 576. The second-order valence-corrected chi connectivity index (χ2v) is 4.65. The number of benzene rings is 1. The van der Waals surface area contributed by atoms with Gasteiger partial charge < -0.3 is 10.1 Å². The zero-order chi connectivity index (χ0) is 13.8. The Morgan fingerprint density at radius 1 is 1.30 bits per heavy atom. The van der Waals surface area contributed by atoms with Crippen molar-refractivity contribution in [1.82, 2.24) is 15.6 Å². The van der Waals surface area contributed by atoms with Gasteiger partial charge in [-0.25, -0.2) is 4.63 Å². The summed E-state index contributed by atoms with van der Waals surface area (Å²) in [6, 6.07) is 9.60. The van der Waals surface area contributed by atoms with Gasteiger partial charge in [-0.05, 0) is 18.0 Å². The molecule has 0 radical (unpaired) electrons. The molecule has 20 heavy (non-hydrogen) atoms. The summed E-state index contributed by atoms with van der Waals surface area (Å²) >= 11 is 0. The predicted molar refractivity (Wildman–Crippen MR) is 70.6 cm³/mol. The molecule has 1 N–H and O–H groups in total. The quantitative estimate of drug-likeness (QED) is 0.914. The van der Waals surface area contributed by atoms with Crippen molar-refractivity contribution in [3.63, 3.8) is 0 Å². The first kappa shape index (κ1) is 12.8. The van der Waals surface area contributed by atoms with Gasteiger partial charge >= 0.3 is 0 Å². The molecule has 1 aliphatic heterocycles. The number of hydrogen-bond donors (Lipinski definition) is 1. The van der Waals surface area contributed by atoms with E-state index in [2.05, 4.69) is 15.6 Å². The van der Waals surface area contributed by atoms with E-state index >= 15 is 0 Å². The molecule has 6 nitrogen and oxygen atoms in total. The third-order valence-electron chi connectivity index (χ3n) is 3.26. The smallest absolute Gasteiger partial charge is 0.249 e. The van der Waals surface area contributed by atoms with Crippen molar-refractivity contribution >= 4 is 5.91 Å². The fraction of sp³-hybridized carbons (Fsp3) is 0.357. The summed E-state index contributed by atoms with van der Waals surface area (Å²) in [5, 5.41) is 10.6. The Kier molecular flexibility index (Phi) is 3.73. The molecule has 1 aliphatic rings. The standard InChI is InChI=1S/C14H15N3O3/c18-14(12-7-4-8-19-12)15-9-11-13(17-20-16-11)10-5-2-1-3-6-10/h1-3,5-6,12H,4,7-9H2,(H,15,18). The van der Waals surface area contributed by atoms with Crippen molar-refractivity contribution in [2.75, 3.05) is 6.61 Å². The fourth-order valence-corrected chi connectivity index (χ4v) is 2.21. The number of ether oxygens (including phenoxy) is 1. The molecule has 1 saturated heterocycles. The van der Waals surface area contributed by atoms with Crippen LogP contribution in [0, 0.1) is 0 Å². The molecule has 6 heteroatoms. The summed E-state index contributed by atoms with van der Waals surface area (Å²) in [4.78, 5) is 11.9. The Morgan fingerprint density at radius 2 is 2.15 bits per heavy atom. The van der Waals surface area contributed by atoms with Crippen molar-refractivity contribution in [2.45, 2.75) is 25.5 Å². The van der Waals surface area contributed by atoms with Crippen LogP contribution < -0.4 is 5.32 Å². The van der Waals surface area contributed by atoms with Gasteiger partial charge in [-0.1, -0.05) is 35.5 Å². The van der Waals surface area contributed by atoms with E-state index in [0.29, 0.717) is 18.0 Å². The van der Waals surface area contributed by atoms with Gasteiger partial charge in [-0.2, -0.15) is 0 Å². The molecule has 1 unspecified atom stereocenters. The monoisotopic (exact) mass is 273 g/mol. The number of hydrogen-bond acceptors (Lipinski definition) is 5. The maximum Gasteiger partial charge on any atom is 0.249 e. The van der Waals surface area contributed by atoms with Gasteiger partial charge in [0, 0.05) is 12.2 Å². The van der Waals surface area contributed by atoms with Crippen molar-refractivity contribution in [3.05, 3.63) is 36.0 Å². The molecule has 3 rings (SSSR count). The highest BCUT2D eigenvalue weighted by Crippen LogP contribution is 2.20. The SMILES string of the molecule is O=C(NCc1nonc1-c1ccccc1)C1CCCO1. The number of amides is 1. The van der Waals surface area contributed by atoms with E-state index in [1.54, 1.807) is 0 Å². The number of carbonyl (C=O) groups excluding carboxylic acids is 1. The summed E-state index contributed by atoms with van der Waals surface area (Å²) < 4.78 is 10.1. The lowest BCUT2D eigenvalue weighted by Crippen LogP contribution is -2.33. The first-order valence-corrected chi connectivity index (χ1v) is 6.61. The second kappa shape index (κ2) is 5.83. The second-order valence-electron chi connectivity index (χ2n) is 4.65. The first-order valence-electron chi connectivity index (χ1n) is 6.61. The molecule has 0 spiro atoms. The summed E-state index contributed by atoms with van der Waals surface area (Å²) in [7, 11) is 0. The zero-order valence-corrected chi connectivity index (χ0v) is 10.9. The highest BCUT2D eigenvalue weighted by molar-refractivity contribution is 5.81. The van der Waals surface area contributed by atoms with Crippen LogP contribution in [0.4, 0.5) is 0 Å². The average Bonchev–Trinajstić information content (AvgIpc) is 3.17. The maximum absolute atomic E-state index is 11.9. The van der Waals surface area contributed by atoms with E-state index < -0.39 is 0 Å². The Morgan fingerprint density at radius 3 is 2.90 bits per heavy atom. The highest BCUT2D eigenvalue weighted by Gasteiger charge is 2.24. The van der Waals surface area contributed by atoms with E-state index in [1.165, 1.54) is 0 Å². The van der Waals surface area contributed by atoms with Crippen LogP contribution in [0.5, 0.6) is 0 Å². The summed E-state index contributed by atoms with van der Waals surface area (Å²) in [5.74, 6) is -0.107. The molecule has 1 fully saturated rings. The Hall–Kier alpha value is -2.21. The number of carbonyl (C=O) groups is 1. The molecule has 1 atom stereocenters. The van der Waals surface area contributed by atoms with E-state index in [9.17, 15) is 4.79 Å². The molecule has 0 bridgehead atoms. The van der Waals surface area contributed by atoms with Gasteiger partial charge in [0.05, 0.1) is 6.54 Å². The van der Waals surface area contributed by atoms with E-state index in [4.69, 9.17) is 9.37 Å². The largest absolute Gasteiger partial charge is 0.368 e. The maximum atomic E-state index is 11.9. The third kappa shape index (κ3) is 2.70. The van der Waals surface area contributed by atoms with Gasteiger partial charge in [-0.3, -0.25) is 4.79 Å². The molecule has 2 heterocycles. The lowest BCUT2D eigenvalue weighted by atomic mass is 10.1. The lowest BCUT2D eigenvalue weighted by molar-refractivity contribution is -0.130. The Labute approximate surface area is 116 Å². The van der Waals surface area contributed by atoms with E-state index in [0.717, 1.165) is 18.4 Å². The number of nitrogens with one attached hydrogen (secondary N) is 1. The van der Waals surface area contributed by atoms with Crippen LogP contribution in [0.25, 0.3) is 11.3 Å². The molecule has 1 amide bonds. The van der Waals surface area contributed by atoms with E-state index in [1.807, 2.05) is 30.3 Å². The first-order chi connectivity index (χ1) is 9.84. The van der Waals surface area contributed by atoms with Crippen LogP contribution in [0.2, 0.25) is 0 Å². The third-order valence-corrected chi connectivity index (χ3v) is 3.26. The summed E-state index contributed by atoms with van der Waals surface area (Å²) in [6.07, 6.45) is 1.36. The lowest BCUT2D eigenvalue weighted by Gasteiger charge is -2.09. The normalized spacial score (nSPS) is 18.1. The van der Waals surface area contributed by atoms with Gasteiger partial charge in [0.15, 0.2) is 0 Å². The average molecular weight is 273 g/mol. The minimum absolute atomic E-state index is 0.107. The van der Waals surface area contributed by atoms with Crippen LogP contribution in [0.3, 0.4) is 0 Å². The van der Waals surface area contributed by atoms with E-state index in [-0.39, 0.29) is 18.6 Å². The Balaban J connectivity index is 1.66. The topological polar surface area (TPSA) is 77.3 Å². The van der Waals surface area contributed by atoms with Crippen molar-refractivity contribution < 1.29 is 14.2 Å². The molecule has 104 valence electrons. The number of nitrogens with zero attached hydrogens (tertiary/aromatic N) is 2. The van der Waals surface area contributed by atoms with Crippen LogP contribution in [0.15, 0.2) is 35.0 Å². The van der Waals surface area contributed by atoms with Gasteiger partial charge in [0.25, 0.3) is 0 Å². The molecular formula is C14H15N3O3. The molecule has 0 aliphatic carbocycles. The summed E-state index contributed by atoms with van der Waals surface area (Å²) in [5.41, 5.74) is 2.18. The molecule has 2 aromatic rings. The van der Waals surface area contributed by atoms with Gasteiger partial charge in [-0.15, -0.1) is 0 Å². The minimum atomic E-state index is -0.338. The number of rotatable bonds is 4. The van der Waals surface area contributed by atoms with Crippen LogP contribution in [0.1, 0.15) is 18.5 Å².